The van der Waals surface area contributed by atoms with Gasteiger partial charge in [0.15, 0.2) is 0 Å². The lowest BCUT2D eigenvalue weighted by atomic mass is 10.2. The molecule has 0 radical (unpaired) electrons. The van der Waals surface area contributed by atoms with Gasteiger partial charge >= 0.3 is 0 Å². The Kier molecular flexibility index (Phi) is 4.97. The van der Waals surface area contributed by atoms with Gasteiger partial charge in [0.1, 0.15) is 11.3 Å². The summed E-state index contributed by atoms with van der Waals surface area (Å²) >= 11 is 12.9. The van der Waals surface area contributed by atoms with Crippen molar-refractivity contribution in [3.8, 4) is 0 Å². The van der Waals surface area contributed by atoms with Gasteiger partial charge < -0.3 is 10.4 Å². The third kappa shape index (κ3) is 3.93. The molecule has 3 nitrogen and oxygen atoms in total. The predicted octanol–water partition coefficient (Wildman–Crippen LogP) is 3.27. The van der Waals surface area contributed by atoms with Crippen molar-refractivity contribution in [1.29, 1.82) is 0 Å². The second-order valence-corrected chi connectivity index (χ2v) is 5.91. The van der Waals surface area contributed by atoms with Crippen LogP contribution in [0.25, 0.3) is 0 Å². The Morgan fingerprint density at radius 1 is 1.28 bits per heavy atom. The van der Waals surface area contributed by atoms with Gasteiger partial charge in [-0.2, -0.15) is 0 Å². The fourth-order valence-electron chi connectivity index (χ4n) is 1.47. The highest BCUT2D eigenvalue weighted by Crippen LogP contribution is 2.26. The first-order valence-corrected chi connectivity index (χ1v) is 6.97. The number of aliphatic hydroxyl groups excluding tert-OH is 1. The van der Waals surface area contributed by atoms with Crippen LogP contribution >= 0.6 is 34.5 Å². The summed E-state index contributed by atoms with van der Waals surface area (Å²) in [6, 6.07) is 7.27. The minimum Gasteiger partial charge on any atom is -0.386 e. The Labute approximate surface area is 119 Å². The first-order chi connectivity index (χ1) is 8.65. The molecule has 96 valence electrons. The van der Waals surface area contributed by atoms with E-state index in [9.17, 15) is 5.11 Å². The van der Waals surface area contributed by atoms with Crippen LogP contribution in [0.1, 0.15) is 16.5 Å². The average molecular weight is 303 g/mol. The van der Waals surface area contributed by atoms with E-state index in [-0.39, 0.29) is 0 Å². The lowest BCUT2D eigenvalue weighted by molar-refractivity contribution is 0.178. The molecule has 1 atom stereocenters. The Bertz CT molecular complexity index is 501. The molecule has 0 bridgehead atoms. The number of aliphatic hydroxyl groups is 1. The van der Waals surface area contributed by atoms with Crippen molar-refractivity contribution in [3.63, 3.8) is 0 Å². The second-order valence-electron chi connectivity index (χ2n) is 3.78. The predicted molar refractivity (Wildman–Crippen MR) is 75.2 cm³/mol. The number of hydrogen-bond acceptors (Lipinski definition) is 4. The zero-order valence-corrected chi connectivity index (χ0v) is 11.8. The van der Waals surface area contributed by atoms with Crippen LogP contribution in [-0.2, 0) is 6.54 Å². The summed E-state index contributed by atoms with van der Waals surface area (Å²) in [7, 11) is 0. The third-order valence-corrected chi connectivity index (χ3v) is 3.93. The highest BCUT2D eigenvalue weighted by molar-refractivity contribution is 7.16. The molecular formula is C12H12Cl2N2OS. The number of nitrogens with zero attached hydrogens (tertiary/aromatic N) is 1. The Morgan fingerprint density at radius 3 is 2.72 bits per heavy atom. The fourth-order valence-corrected chi connectivity index (χ4v) is 2.63. The lowest BCUT2D eigenvalue weighted by Gasteiger charge is -2.09. The molecule has 0 saturated heterocycles. The lowest BCUT2D eigenvalue weighted by Crippen LogP contribution is -2.20. The molecule has 2 aromatic rings. The van der Waals surface area contributed by atoms with E-state index in [0.717, 1.165) is 10.4 Å². The number of nitrogens with one attached hydrogen (secondary N) is 1. The number of pyridine rings is 1. The molecule has 0 aliphatic carbocycles. The van der Waals surface area contributed by atoms with Crippen molar-refractivity contribution >= 4 is 34.5 Å². The molecule has 0 saturated carbocycles. The number of hydrogen-bond donors (Lipinski definition) is 2. The van der Waals surface area contributed by atoms with Gasteiger partial charge in [-0.15, -0.1) is 11.3 Å². The van der Waals surface area contributed by atoms with Gasteiger partial charge in [-0.25, -0.2) is 4.98 Å². The van der Waals surface area contributed by atoms with Crippen LogP contribution in [-0.4, -0.2) is 16.6 Å². The normalized spacial score (nSPS) is 12.6. The Hall–Kier alpha value is -0.650. The van der Waals surface area contributed by atoms with E-state index < -0.39 is 6.10 Å². The molecule has 0 spiro atoms. The molecular weight excluding hydrogens is 291 g/mol. The maximum Gasteiger partial charge on any atom is 0.129 e. The number of thiophene rings is 1. The van der Waals surface area contributed by atoms with Gasteiger partial charge in [-0.05, 0) is 23.8 Å². The van der Waals surface area contributed by atoms with Crippen LogP contribution in [0.5, 0.6) is 0 Å². The third-order valence-electron chi connectivity index (χ3n) is 2.38. The summed E-state index contributed by atoms with van der Waals surface area (Å²) < 4.78 is 0.686. The Balaban J connectivity index is 1.80. The quantitative estimate of drug-likeness (QED) is 0.833. The highest BCUT2D eigenvalue weighted by Gasteiger charge is 2.09. The summed E-state index contributed by atoms with van der Waals surface area (Å²) in [6.45, 7) is 1.11. The van der Waals surface area contributed by atoms with Crippen molar-refractivity contribution in [2.24, 2.45) is 0 Å². The topological polar surface area (TPSA) is 45.1 Å². The molecule has 0 aliphatic rings. The summed E-state index contributed by atoms with van der Waals surface area (Å²) in [6.07, 6.45) is 1.17. The molecule has 0 fully saturated rings. The molecule has 0 amide bonds. The first kappa shape index (κ1) is 13.8. The maximum absolute atomic E-state index is 9.91. The van der Waals surface area contributed by atoms with Crippen LogP contribution in [0, 0.1) is 0 Å². The van der Waals surface area contributed by atoms with Gasteiger partial charge in [0.2, 0.25) is 0 Å². The van der Waals surface area contributed by atoms with Crippen LogP contribution in [0.15, 0.2) is 30.5 Å². The number of halogens is 2. The summed E-state index contributed by atoms with van der Waals surface area (Å²) in [5, 5.41) is 13.5. The second kappa shape index (κ2) is 6.50. The van der Waals surface area contributed by atoms with E-state index in [4.69, 9.17) is 23.2 Å². The molecule has 0 aliphatic heterocycles. The Morgan fingerprint density at radius 2 is 2.11 bits per heavy atom. The smallest absolute Gasteiger partial charge is 0.129 e. The van der Waals surface area contributed by atoms with Crippen LogP contribution in [0.4, 0.5) is 0 Å². The zero-order valence-electron chi connectivity index (χ0n) is 9.44. The van der Waals surface area contributed by atoms with Crippen molar-refractivity contribution in [2.75, 3.05) is 6.54 Å². The van der Waals surface area contributed by atoms with E-state index >= 15 is 0 Å². The van der Waals surface area contributed by atoms with Crippen LogP contribution in [0.2, 0.25) is 9.49 Å². The monoisotopic (exact) mass is 302 g/mol. The minimum absolute atomic E-state index is 0.472. The van der Waals surface area contributed by atoms with Crippen molar-refractivity contribution < 1.29 is 5.11 Å². The molecule has 2 rings (SSSR count). The van der Waals surface area contributed by atoms with Crippen LogP contribution in [0.3, 0.4) is 0 Å². The van der Waals surface area contributed by atoms with E-state index in [2.05, 4.69) is 10.3 Å². The molecule has 2 heterocycles. The minimum atomic E-state index is -0.539. The summed E-state index contributed by atoms with van der Waals surface area (Å²) in [5.41, 5.74) is 1.02. The van der Waals surface area contributed by atoms with Gasteiger partial charge in [0.05, 0.1) is 4.34 Å². The van der Waals surface area contributed by atoms with Crippen LogP contribution < -0.4 is 5.32 Å². The van der Waals surface area contributed by atoms with Crippen molar-refractivity contribution in [3.05, 3.63) is 50.4 Å². The summed E-state index contributed by atoms with van der Waals surface area (Å²) in [4.78, 5) is 4.85. The number of rotatable bonds is 5. The maximum atomic E-state index is 9.91. The van der Waals surface area contributed by atoms with Gasteiger partial charge in [0.25, 0.3) is 0 Å². The largest absolute Gasteiger partial charge is 0.386 e. The van der Waals surface area contributed by atoms with Gasteiger partial charge in [0, 0.05) is 24.2 Å². The zero-order chi connectivity index (χ0) is 13.0. The molecule has 0 aromatic carbocycles. The average Bonchev–Trinajstić information content (AvgIpc) is 2.78. The molecule has 2 N–H and O–H groups in total. The summed E-state index contributed by atoms with van der Waals surface area (Å²) in [5.74, 6) is 0. The highest BCUT2D eigenvalue weighted by atomic mass is 35.5. The van der Waals surface area contributed by atoms with E-state index in [1.807, 2.05) is 12.1 Å². The first-order valence-electron chi connectivity index (χ1n) is 5.39. The standard InChI is InChI=1S/C12H12Cl2N2OS/c13-11-3-1-8(6-16-11)5-15-7-9(17)10-2-4-12(14)18-10/h1-4,6,9,15,17H,5,7H2. The van der Waals surface area contributed by atoms with Gasteiger partial charge in [-0.1, -0.05) is 29.3 Å². The van der Waals surface area contributed by atoms with E-state index in [1.54, 1.807) is 18.3 Å². The molecule has 2 aromatic heterocycles. The van der Waals surface area contributed by atoms with E-state index in [1.165, 1.54) is 11.3 Å². The molecule has 6 heteroatoms. The molecule has 18 heavy (non-hydrogen) atoms. The van der Waals surface area contributed by atoms with Crippen molar-refractivity contribution in [2.45, 2.75) is 12.6 Å². The fraction of sp³-hybridized carbons (Fsp3) is 0.250. The number of aromatic nitrogens is 1. The van der Waals surface area contributed by atoms with Crippen molar-refractivity contribution in [1.82, 2.24) is 10.3 Å². The SMILES string of the molecule is OC(CNCc1ccc(Cl)nc1)c1ccc(Cl)s1. The molecule has 1 unspecified atom stereocenters. The van der Waals surface area contributed by atoms with E-state index in [0.29, 0.717) is 22.6 Å². The van der Waals surface area contributed by atoms with Gasteiger partial charge in [-0.3, -0.25) is 0 Å².